The summed E-state index contributed by atoms with van der Waals surface area (Å²) in [5.41, 5.74) is 2.84. The van der Waals surface area contributed by atoms with Gasteiger partial charge in [-0.15, -0.1) is 0 Å². The molecule has 6 nitrogen and oxygen atoms in total. The highest BCUT2D eigenvalue weighted by Gasteiger charge is 2.09. The van der Waals surface area contributed by atoms with Crippen molar-refractivity contribution in [2.45, 2.75) is 19.3 Å². The molecule has 2 aromatic heterocycles. The molecule has 0 aliphatic heterocycles. The Morgan fingerprint density at radius 3 is 2.63 bits per heavy atom. The lowest BCUT2D eigenvalue weighted by atomic mass is 10.2. The monoisotopic (exact) mass is 420 g/mol. The van der Waals surface area contributed by atoms with Crippen LogP contribution in [0, 0.1) is 0 Å². The molecule has 0 unspecified atom stereocenters. The van der Waals surface area contributed by atoms with Crippen LogP contribution in [-0.4, -0.2) is 27.2 Å². The Morgan fingerprint density at radius 2 is 1.83 bits per heavy atom. The molecule has 7 heteroatoms. The Bertz CT molecular complexity index is 1100. The van der Waals surface area contributed by atoms with Crippen molar-refractivity contribution in [3.63, 3.8) is 0 Å². The largest absolute Gasteiger partial charge is 0.441 e. The number of hydrogen-bond acceptors (Lipinski definition) is 4. The lowest BCUT2D eigenvalue weighted by Crippen LogP contribution is -2.26. The predicted octanol–water partition coefficient (Wildman–Crippen LogP) is 4.47. The molecule has 0 saturated carbocycles. The van der Waals surface area contributed by atoms with Crippen LogP contribution < -0.4 is 5.32 Å². The van der Waals surface area contributed by atoms with Crippen LogP contribution in [0.5, 0.6) is 0 Å². The second kappa shape index (κ2) is 9.41. The zero-order chi connectivity index (χ0) is 20.8. The number of halogens is 1. The number of aromatic nitrogens is 3. The van der Waals surface area contributed by atoms with Gasteiger partial charge in [0.2, 0.25) is 5.91 Å². The van der Waals surface area contributed by atoms with Crippen molar-refractivity contribution < 1.29 is 9.21 Å². The standard InChI is InChI=1S/C23H21ClN4O2/c24-18-8-6-17(7-9-18)21-16-26-23(30-21)11-10-22(29)25-14-12-19-13-15-28(27-19)20-4-2-1-3-5-20/h1-9,13,15-16H,10-12,14H2,(H,25,29). The minimum Gasteiger partial charge on any atom is -0.441 e. The van der Waals surface area contributed by atoms with Gasteiger partial charge in [0.05, 0.1) is 17.6 Å². The lowest BCUT2D eigenvalue weighted by Gasteiger charge is -2.03. The van der Waals surface area contributed by atoms with E-state index in [-0.39, 0.29) is 5.91 Å². The first kappa shape index (κ1) is 19.9. The van der Waals surface area contributed by atoms with Gasteiger partial charge in [-0.3, -0.25) is 4.79 Å². The first-order valence-electron chi connectivity index (χ1n) is 9.75. The van der Waals surface area contributed by atoms with Crippen molar-refractivity contribution in [2.24, 2.45) is 0 Å². The maximum absolute atomic E-state index is 12.1. The SMILES string of the molecule is O=C(CCc1ncc(-c2ccc(Cl)cc2)o1)NCCc1ccn(-c2ccccc2)n1. The molecule has 0 aliphatic carbocycles. The third-order valence-corrected chi connectivity index (χ3v) is 4.87. The van der Waals surface area contributed by atoms with Gasteiger partial charge in [0.15, 0.2) is 11.7 Å². The molecule has 0 aliphatic rings. The molecular weight excluding hydrogens is 400 g/mol. The zero-order valence-corrected chi connectivity index (χ0v) is 17.0. The van der Waals surface area contributed by atoms with Gasteiger partial charge in [-0.2, -0.15) is 5.10 Å². The number of hydrogen-bond donors (Lipinski definition) is 1. The molecule has 152 valence electrons. The highest BCUT2D eigenvalue weighted by molar-refractivity contribution is 6.30. The molecule has 0 atom stereocenters. The molecule has 30 heavy (non-hydrogen) atoms. The first-order valence-corrected chi connectivity index (χ1v) is 10.1. The van der Waals surface area contributed by atoms with Gasteiger partial charge in [-0.25, -0.2) is 9.67 Å². The maximum atomic E-state index is 12.1. The highest BCUT2D eigenvalue weighted by atomic mass is 35.5. The fraction of sp³-hybridized carbons (Fsp3) is 0.174. The molecule has 4 aromatic rings. The number of carbonyl (C=O) groups excluding carboxylic acids is 1. The van der Waals surface area contributed by atoms with E-state index in [1.165, 1.54) is 0 Å². The molecule has 4 rings (SSSR count). The van der Waals surface area contributed by atoms with Crippen LogP contribution in [0.1, 0.15) is 18.0 Å². The number of amides is 1. The van der Waals surface area contributed by atoms with Crippen LogP contribution in [-0.2, 0) is 17.6 Å². The smallest absolute Gasteiger partial charge is 0.220 e. The van der Waals surface area contributed by atoms with Crippen molar-refractivity contribution in [3.05, 3.63) is 89.7 Å². The van der Waals surface area contributed by atoms with Gasteiger partial charge < -0.3 is 9.73 Å². The van der Waals surface area contributed by atoms with E-state index < -0.39 is 0 Å². The van der Waals surface area contributed by atoms with E-state index in [2.05, 4.69) is 15.4 Å². The molecule has 2 heterocycles. The summed E-state index contributed by atoms with van der Waals surface area (Å²) in [4.78, 5) is 16.4. The minimum absolute atomic E-state index is 0.0382. The molecule has 2 aromatic carbocycles. The number of nitrogens with one attached hydrogen (secondary N) is 1. The third kappa shape index (κ3) is 5.15. The van der Waals surface area contributed by atoms with Crippen LogP contribution in [0.15, 0.2) is 77.5 Å². The summed E-state index contributed by atoms with van der Waals surface area (Å²) in [5.74, 6) is 1.16. The van der Waals surface area contributed by atoms with E-state index in [0.717, 1.165) is 16.9 Å². The number of oxazole rings is 1. The van der Waals surface area contributed by atoms with Gasteiger partial charge in [-0.05, 0) is 42.5 Å². The Balaban J connectivity index is 1.21. The van der Waals surface area contributed by atoms with Gasteiger partial charge in [0.1, 0.15) is 0 Å². The van der Waals surface area contributed by atoms with E-state index in [0.29, 0.717) is 42.5 Å². The van der Waals surface area contributed by atoms with E-state index >= 15 is 0 Å². The summed E-state index contributed by atoms with van der Waals surface area (Å²) in [7, 11) is 0. The molecule has 1 amide bonds. The van der Waals surface area contributed by atoms with Crippen LogP contribution in [0.4, 0.5) is 0 Å². The van der Waals surface area contributed by atoms with Crippen LogP contribution in [0.2, 0.25) is 5.02 Å². The Hall–Kier alpha value is -3.38. The normalized spacial score (nSPS) is 10.8. The number of aryl methyl sites for hydroxylation is 1. The van der Waals surface area contributed by atoms with Gasteiger partial charge in [0.25, 0.3) is 0 Å². The number of rotatable bonds is 8. The molecule has 0 bridgehead atoms. The topological polar surface area (TPSA) is 73.0 Å². The fourth-order valence-corrected chi connectivity index (χ4v) is 3.16. The summed E-state index contributed by atoms with van der Waals surface area (Å²) in [5, 5.41) is 8.13. The van der Waals surface area contributed by atoms with Crippen molar-refractivity contribution in [2.75, 3.05) is 6.54 Å². The Morgan fingerprint density at radius 1 is 1.03 bits per heavy atom. The number of carbonyl (C=O) groups is 1. The van der Waals surface area contributed by atoms with Crippen LogP contribution >= 0.6 is 11.6 Å². The molecule has 0 radical (unpaired) electrons. The number of nitrogens with zero attached hydrogens (tertiary/aromatic N) is 3. The predicted molar refractivity (Wildman–Crippen MR) is 116 cm³/mol. The van der Waals surface area contributed by atoms with Gasteiger partial charge in [0, 0.05) is 42.6 Å². The van der Waals surface area contributed by atoms with E-state index in [1.54, 1.807) is 18.3 Å². The van der Waals surface area contributed by atoms with Gasteiger partial charge >= 0.3 is 0 Å². The second-order valence-corrected chi connectivity index (χ2v) is 7.25. The quantitative estimate of drug-likeness (QED) is 0.456. The van der Waals surface area contributed by atoms with Crippen molar-refractivity contribution in [1.82, 2.24) is 20.1 Å². The second-order valence-electron chi connectivity index (χ2n) is 6.81. The summed E-state index contributed by atoms with van der Waals surface area (Å²) in [6.07, 6.45) is 5.03. The van der Waals surface area contributed by atoms with Crippen LogP contribution in [0.25, 0.3) is 17.0 Å². The fourth-order valence-electron chi connectivity index (χ4n) is 3.03. The summed E-state index contributed by atoms with van der Waals surface area (Å²) in [6, 6.07) is 19.2. The van der Waals surface area contributed by atoms with Crippen LogP contribution in [0.3, 0.4) is 0 Å². The maximum Gasteiger partial charge on any atom is 0.220 e. The van der Waals surface area contributed by atoms with Crippen molar-refractivity contribution in [1.29, 1.82) is 0 Å². The molecule has 0 fully saturated rings. The Kier molecular flexibility index (Phi) is 6.25. The number of benzene rings is 2. The minimum atomic E-state index is -0.0382. The zero-order valence-electron chi connectivity index (χ0n) is 16.3. The number of para-hydroxylation sites is 1. The Labute approximate surface area is 179 Å². The van der Waals surface area contributed by atoms with Gasteiger partial charge in [-0.1, -0.05) is 29.8 Å². The molecule has 0 spiro atoms. The summed E-state index contributed by atoms with van der Waals surface area (Å²) in [6.45, 7) is 0.534. The summed E-state index contributed by atoms with van der Waals surface area (Å²) < 4.78 is 7.56. The highest BCUT2D eigenvalue weighted by Crippen LogP contribution is 2.22. The average Bonchev–Trinajstić information content (AvgIpc) is 3.43. The van der Waals surface area contributed by atoms with E-state index in [9.17, 15) is 4.79 Å². The third-order valence-electron chi connectivity index (χ3n) is 4.62. The first-order chi connectivity index (χ1) is 14.7. The van der Waals surface area contributed by atoms with E-state index in [1.807, 2.05) is 59.4 Å². The molecule has 1 N–H and O–H groups in total. The summed E-state index contributed by atoms with van der Waals surface area (Å²) >= 11 is 5.90. The van der Waals surface area contributed by atoms with Crippen molar-refractivity contribution in [3.8, 4) is 17.0 Å². The molecule has 0 saturated heterocycles. The lowest BCUT2D eigenvalue weighted by molar-refractivity contribution is -0.121. The average molecular weight is 421 g/mol. The molecular formula is C23H21ClN4O2. The van der Waals surface area contributed by atoms with Crippen molar-refractivity contribution >= 4 is 17.5 Å². The van der Waals surface area contributed by atoms with E-state index in [4.69, 9.17) is 16.0 Å².